The lowest BCUT2D eigenvalue weighted by molar-refractivity contribution is -0.150. The molecule has 1 N–H and O–H groups in total. The van der Waals surface area contributed by atoms with Crippen LogP contribution in [-0.4, -0.2) is 58.8 Å². The van der Waals surface area contributed by atoms with Gasteiger partial charge in [0.15, 0.2) is 0 Å². The van der Waals surface area contributed by atoms with Gasteiger partial charge in [0, 0.05) is 12.6 Å². The van der Waals surface area contributed by atoms with Crippen LogP contribution in [0, 0.1) is 0 Å². The molecule has 2 amide bonds. The van der Waals surface area contributed by atoms with Crippen LogP contribution in [0.15, 0.2) is 0 Å². The van der Waals surface area contributed by atoms with Crippen molar-refractivity contribution in [3.63, 3.8) is 0 Å². The zero-order valence-electron chi connectivity index (χ0n) is 11.2. The van der Waals surface area contributed by atoms with Crippen molar-refractivity contribution in [3.8, 4) is 0 Å². The first-order valence-corrected chi connectivity index (χ1v) is 5.96. The van der Waals surface area contributed by atoms with Crippen molar-refractivity contribution in [1.29, 1.82) is 0 Å². The topological polar surface area (TPSA) is 60.9 Å². The van der Waals surface area contributed by atoms with Gasteiger partial charge in [-0.25, -0.2) is 4.79 Å². The monoisotopic (exact) mass is 284 g/mol. The fraction of sp³-hybridized carbons (Fsp3) is 0.818. The molecule has 5 nitrogen and oxygen atoms in total. The van der Waals surface area contributed by atoms with E-state index in [1.54, 1.807) is 20.8 Å². The summed E-state index contributed by atoms with van der Waals surface area (Å²) >= 11 is 0. The van der Waals surface area contributed by atoms with Gasteiger partial charge in [-0.15, -0.1) is 0 Å². The van der Waals surface area contributed by atoms with Gasteiger partial charge in [0.05, 0.1) is 0 Å². The molecular formula is C11H19F3N2O3. The van der Waals surface area contributed by atoms with Gasteiger partial charge in [0.1, 0.15) is 13.1 Å². The van der Waals surface area contributed by atoms with Crippen LogP contribution in [0.25, 0.3) is 0 Å². The molecule has 0 heterocycles. The summed E-state index contributed by atoms with van der Waals surface area (Å²) in [5, 5.41) is 8.60. The second-order valence-corrected chi connectivity index (χ2v) is 4.19. The predicted molar refractivity (Wildman–Crippen MR) is 62.8 cm³/mol. The fourth-order valence-corrected chi connectivity index (χ4v) is 1.61. The number of hydrogen-bond acceptors (Lipinski definition) is 2. The van der Waals surface area contributed by atoms with Crippen LogP contribution in [0.1, 0.15) is 27.2 Å². The largest absolute Gasteiger partial charge is 0.480 e. The quantitative estimate of drug-likeness (QED) is 0.813. The molecule has 0 saturated heterocycles. The van der Waals surface area contributed by atoms with Crippen molar-refractivity contribution in [1.82, 2.24) is 9.80 Å². The van der Waals surface area contributed by atoms with E-state index >= 15 is 0 Å². The second kappa shape index (κ2) is 7.20. The van der Waals surface area contributed by atoms with Crippen LogP contribution in [0.3, 0.4) is 0 Å². The third-order valence-electron chi connectivity index (χ3n) is 2.68. The number of carboxylic acid groups (broad SMARTS) is 1. The average molecular weight is 284 g/mol. The Morgan fingerprint density at radius 3 is 2.11 bits per heavy atom. The number of halogens is 3. The highest BCUT2D eigenvalue weighted by Crippen LogP contribution is 2.18. The van der Waals surface area contributed by atoms with Crippen LogP contribution >= 0.6 is 0 Å². The summed E-state index contributed by atoms with van der Waals surface area (Å²) in [5.74, 6) is -1.47. The number of aliphatic carboxylic acids is 1. The third kappa shape index (κ3) is 6.30. The minimum Gasteiger partial charge on any atom is -0.480 e. The van der Waals surface area contributed by atoms with E-state index in [4.69, 9.17) is 5.11 Å². The Kier molecular flexibility index (Phi) is 6.64. The van der Waals surface area contributed by atoms with Gasteiger partial charge in [-0.2, -0.15) is 13.2 Å². The van der Waals surface area contributed by atoms with E-state index in [0.29, 0.717) is 11.3 Å². The molecule has 0 aliphatic carbocycles. The van der Waals surface area contributed by atoms with E-state index in [-0.39, 0.29) is 12.6 Å². The molecule has 0 rings (SSSR count). The maximum Gasteiger partial charge on any atom is 0.406 e. The lowest BCUT2D eigenvalue weighted by atomic mass is 10.2. The summed E-state index contributed by atoms with van der Waals surface area (Å²) in [5.41, 5.74) is 0. The average Bonchev–Trinajstić information content (AvgIpc) is 2.26. The van der Waals surface area contributed by atoms with Crippen LogP contribution in [0.4, 0.5) is 18.0 Å². The smallest absolute Gasteiger partial charge is 0.406 e. The van der Waals surface area contributed by atoms with Gasteiger partial charge in [-0.1, -0.05) is 6.92 Å². The molecule has 0 aromatic carbocycles. The number of nitrogens with zero attached hydrogens (tertiary/aromatic N) is 2. The maximum atomic E-state index is 12.4. The minimum atomic E-state index is -4.63. The van der Waals surface area contributed by atoms with Gasteiger partial charge < -0.3 is 14.9 Å². The molecule has 0 aliphatic heterocycles. The second-order valence-electron chi connectivity index (χ2n) is 4.19. The Balaban J connectivity index is 5.01. The van der Waals surface area contributed by atoms with Crippen molar-refractivity contribution in [2.24, 2.45) is 0 Å². The van der Waals surface area contributed by atoms with Crippen molar-refractivity contribution < 1.29 is 27.9 Å². The fourth-order valence-electron chi connectivity index (χ4n) is 1.61. The molecule has 19 heavy (non-hydrogen) atoms. The van der Waals surface area contributed by atoms with E-state index < -0.39 is 31.3 Å². The number of carbonyl (C=O) groups is 2. The minimum absolute atomic E-state index is 0.224. The Hall–Kier alpha value is -1.47. The number of carbonyl (C=O) groups excluding carboxylic acids is 1. The summed E-state index contributed by atoms with van der Waals surface area (Å²) in [6, 6.07) is -1.15. The summed E-state index contributed by atoms with van der Waals surface area (Å²) in [6.07, 6.45) is -4.05. The Morgan fingerprint density at radius 2 is 1.79 bits per heavy atom. The lowest BCUT2D eigenvalue weighted by Gasteiger charge is -2.33. The van der Waals surface area contributed by atoms with Crippen LogP contribution in [-0.2, 0) is 4.79 Å². The highest BCUT2D eigenvalue weighted by molar-refractivity contribution is 5.80. The maximum absolute atomic E-state index is 12.4. The zero-order valence-corrected chi connectivity index (χ0v) is 11.2. The molecule has 0 saturated carbocycles. The summed E-state index contributed by atoms with van der Waals surface area (Å²) in [6.45, 7) is 2.83. The Labute approximate surface area is 110 Å². The zero-order chi connectivity index (χ0) is 15.2. The van der Waals surface area contributed by atoms with E-state index in [9.17, 15) is 22.8 Å². The molecule has 0 bridgehead atoms. The van der Waals surface area contributed by atoms with Crippen molar-refractivity contribution in [2.45, 2.75) is 39.4 Å². The molecule has 0 spiro atoms. The Morgan fingerprint density at radius 1 is 1.26 bits per heavy atom. The van der Waals surface area contributed by atoms with Crippen LogP contribution in [0.5, 0.6) is 0 Å². The van der Waals surface area contributed by atoms with Crippen LogP contribution < -0.4 is 0 Å². The van der Waals surface area contributed by atoms with Gasteiger partial charge in [0.2, 0.25) is 0 Å². The molecule has 0 aliphatic rings. The summed E-state index contributed by atoms with van der Waals surface area (Å²) in [4.78, 5) is 24.1. The molecule has 0 aromatic heterocycles. The van der Waals surface area contributed by atoms with E-state index in [2.05, 4.69) is 0 Å². The molecule has 0 radical (unpaired) electrons. The lowest BCUT2D eigenvalue weighted by Crippen LogP contribution is -2.51. The summed E-state index contributed by atoms with van der Waals surface area (Å²) in [7, 11) is 0. The highest BCUT2D eigenvalue weighted by atomic mass is 19.4. The van der Waals surface area contributed by atoms with Crippen molar-refractivity contribution in [2.75, 3.05) is 19.6 Å². The normalized spacial score (nSPS) is 12.9. The number of urea groups is 1. The summed E-state index contributed by atoms with van der Waals surface area (Å²) < 4.78 is 37.1. The number of rotatable bonds is 6. The van der Waals surface area contributed by atoms with Gasteiger partial charge in [-0.05, 0) is 20.3 Å². The molecular weight excluding hydrogens is 265 g/mol. The Bertz CT molecular complexity index is 321. The van der Waals surface area contributed by atoms with Crippen LogP contribution in [0.2, 0.25) is 0 Å². The predicted octanol–water partition coefficient (Wildman–Crippen LogP) is 2.18. The molecule has 1 atom stereocenters. The molecule has 0 fully saturated rings. The van der Waals surface area contributed by atoms with Crippen molar-refractivity contribution in [3.05, 3.63) is 0 Å². The van der Waals surface area contributed by atoms with Gasteiger partial charge >= 0.3 is 18.2 Å². The van der Waals surface area contributed by atoms with Crippen molar-refractivity contribution >= 4 is 12.0 Å². The van der Waals surface area contributed by atoms with E-state index in [1.165, 1.54) is 4.90 Å². The highest BCUT2D eigenvalue weighted by Gasteiger charge is 2.36. The first-order chi connectivity index (χ1) is 8.62. The van der Waals surface area contributed by atoms with E-state index in [1.807, 2.05) is 0 Å². The number of hydrogen-bond donors (Lipinski definition) is 1. The third-order valence-corrected chi connectivity index (χ3v) is 2.68. The van der Waals surface area contributed by atoms with E-state index in [0.717, 1.165) is 0 Å². The van der Waals surface area contributed by atoms with Gasteiger partial charge in [-0.3, -0.25) is 4.79 Å². The molecule has 112 valence electrons. The first-order valence-electron chi connectivity index (χ1n) is 5.96. The number of alkyl halides is 3. The first kappa shape index (κ1) is 17.5. The standard InChI is InChI=1S/C11H19F3N2O3/c1-4-8(3)16(5-2)10(19)15(6-9(17)18)7-11(12,13)14/h8H,4-7H2,1-3H3,(H,17,18). The van der Waals surface area contributed by atoms with Gasteiger partial charge in [0.25, 0.3) is 0 Å². The molecule has 1 unspecified atom stereocenters. The SMILES string of the molecule is CCC(C)N(CC)C(=O)N(CC(=O)O)CC(F)(F)F. The molecule has 0 aromatic rings. The number of amides is 2. The molecule has 8 heteroatoms. The number of carboxylic acids is 1.